The molecule has 0 saturated carbocycles. The van der Waals surface area contributed by atoms with E-state index in [1.807, 2.05) is 12.4 Å². The number of aromatic nitrogens is 5. The molecule has 0 bridgehead atoms. The van der Waals surface area contributed by atoms with Gasteiger partial charge in [0.15, 0.2) is 5.65 Å². The Morgan fingerprint density at radius 3 is 2.72 bits per heavy atom. The van der Waals surface area contributed by atoms with Gasteiger partial charge in [-0.1, -0.05) is 12.1 Å². The van der Waals surface area contributed by atoms with E-state index in [0.29, 0.717) is 12.0 Å². The lowest BCUT2D eigenvalue weighted by molar-refractivity contribution is 0.193. The zero-order valence-corrected chi connectivity index (χ0v) is 21.4. The first-order valence-corrected chi connectivity index (χ1v) is 13.0. The highest BCUT2D eigenvalue weighted by atomic mass is 16.5. The first kappa shape index (κ1) is 23.3. The van der Waals surface area contributed by atoms with Crippen LogP contribution in [0.4, 0.5) is 0 Å². The van der Waals surface area contributed by atoms with E-state index in [0.717, 1.165) is 85.5 Å². The Balaban J connectivity index is 1.33. The molecule has 4 aromatic rings. The minimum atomic E-state index is 0.467. The number of hydrogen-bond acceptors (Lipinski definition) is 6. The summed E-state index contributed by atoms with van der Waals surface area (Å²) in [7, 11) is 6.42. The van der Waals surface area contributed by atoms with Crippen LogP contribution in [0.25, 0.3) is 33.4 Å². The molecule has 8 nitrogen and oxygen atoms in total. The van der Waals surface area contributed by atoms with E-state index < -0.39 is 0 Å². The largest absolute Gasteiger partial charge is 0.381 e. The highest BCUT2D eigenvalue weighted by Crippen LogP contribution is 2.34. The Kier molecular flexibility index (Phi) is 6.33. The van der Waals surface area contributed by atoms with Gasteiger partial charge in [-0.3, -0.25) is 4.68 Å². The van der Waals surface area contributed by atoms with Crippen LogP contribution in [-0.2, 0) is 11.3 Å². The monoisotopic (exact) mass is 485 g/mol. The number of piperidine rings is 1. The Morgan fingerprint density at radius 1 is 1.08 bits per heavy atom. The quantitative estimate of drug-likeness (QED) is 0.438. The van der Waals surface area contributed by atoms with E-state index in [4.69, 9.17) is 9.84 Å². The summed E-state index contributed by atoms with van der Waals surface area (Å²) >= 11 is 0. The van der Waals surface area contributed by atoms with Gasteiger partial charge in [0, 0.05) is 53.5 Å². The molecule has 2 aliphatic heterocycles. The lowest BCUT2D eigenvalue weighted by Crippen LogP contribution is -2.31. The highest BCUT2D eigenvalue weighted by molar-refractivity contribution is 5.94. The lowest BCUT2D eigenvalue weighted by Gasteiger charge is -2.28. The van der Waals surface area contributed by atoms with Gasteiger partial charge in [0.2, 0.25) is 0 Å². The molecule has 1 atom stereocenters. The summed E-state index contributed by atoms with van der Waals surface area (Å²) in [6, 6.07) is 9.37. The number of benzene rings is 1. The summed E-state index contributed by atoms with van der Waals surface area (Å²) in [6.45, 7) is 4.79. The van der Waals surface area contributed by atoms with Crippen LogP contribution in [0.3, 0.4) is 0 Å². The van der Waals surface area contributed by atoms with Gasteiger partial charge in [-0.2, -0.15) is 5.10 Å². The summed E-state index contributed by atoms with van der Waals surface area (Å²) in [5, 5.41) is 14.9. The second-order valence-corrected chi connectivity index (χ2v) is 10.6. The molecular weight excluding hydrogens is 450 g/mol. The van der Waals surface area contributed by atoms with Crippen molar-refractivity contribution in [2.45, 2.75) is 37.8 Å². The smallest absolute Gasteiger partial charge is 0.160 e. The molecule has 1 aromatic carbocycles. The average Bonchev–Trinajstić information content (AvgIpc) is 3.64. The molecule has 3 aromatic heterocycles. The third-order valence-corrected chi connectivity index (χ3v) is 7.71. The molecular formula is C28H35N7O. The SMILES string of the molecule is CN(C)Cc1cc(-c2cc3c(-c4cnn(C5CCN(C)CC5)c4)c[nH]c3nn2)ccc1C1CCOC1. The molecule has 1 N–H and O–H groups in total. The van der Waals surface area contributed by atoms with Crippen molar-refractivity contribution in [3.63, 3.8) is 0 Å². The molecule has 0 aliphatic carbocycles. The molecule has 2 saturated heterocycles. The van der Waals surface area contributed by atoms with Crippen molar-refractivity contribution in [3.05, 3.63) is 54.0 Å². The molecule has 0 spiro atoms. The molecule has 8 heteroatoms. The average molecular weight is 486 g/mol. The van der Waals surface area contributed by atoms with Gasteiger partial charge in [0.05, 0.1) is 24.5 Å². The van der Waals surface area contributed by atoms with E-state index in [1.165, 1.54) is 11.1 Å². The molecule has 6 rings (SSSR count). The van der Waals surface area contributed by atoms with Crippen molar-refractivity contribution in [1.82, 2.24) is 34.8 Å². The van der Waals surface area contributed by atoms with Gasteiger partial charge in [0.25, 0.3) is 0 Å². The maximum absolute atomic E-state index is 5.68. The number of nitrogens with zero attached hydrogens (tertiary/aromatic N) is 6. The standard InChI is InChI=1S/C28H35N7O/c1-33(2)16-21-12-19(4-5-24(21)20-8-11-36-18-20)27-13-25-26(15-29-28(25)32-31-27)22-14-30-35(17-22)23-6-9-34(3)10-7-23/h4-5,12-15,17,20,23H,6-11,16,18H2,1-3H3,(H,29,32). The zero-order valence-electron chi connectivity index (χ0n) is 21.4. The second-order valence-electron chi connectivity index (χ2n) is 10.6. The van der Waals surface area contributed by atoms with Crippen molar-refractivity contribution in [1.29, 1.82) is 0 Å². The molecule has 188 valence electrons. The van der Waals surface area contributed by atoms with Gasteiger partial charge in [-0.15, -0.1) is 10.2 Å². The Labute approximate surface area is 212 Å². The molecule has 0 amide bonds. The second kappa shape index (κ2) is 9.76. The summed E-state index contributed by atoms with van der Waals surface area (Å²) in [5.74, 6) is 0.472. The fourth-order valence-corrected chi connectivity index (χ4v) is 5.66. The first-order chi connectivity index (χ1) is 17.5. The molecule has 2 fully saturated rings. The molecule has 0 radical (unpaired) electrons. The molecule has 36 heavy (non-hydrogen) atoms. The Morgan fingerprint density at radius 2 is 1.94 bits per heavy atom. The normalized spacial score (nSPS) is 19.6. The minimum absolute atomic E-state index is 0.467. The van der Waals surface area contributed by atoms with Gasteiger partial charge in [-0.25, -0.2) is 0 Å². The van der Waals surface area contributed by atoms with Crippen molar-refractivity contribution >= 4 is 11.0 Å². The van der Waals surface area contributed by atoms with E-state index in [-0.39, 0.29) is 0 Å². The maximum Gasteiger partial charge on any atom is 0.160 e. The van der Waals surface area contributed by atoms with Crippen LogP contribution in [0, 0.1) is 0 Å². The summed E-state index contributed by atoms with van der Waals surface area (Å²) in [6.07, 6.45) is 9.56. The van der Waals surface area contributed by atoms with Gasteiger partial charge in [-0.05, 0) is 76.8 Å². The fraction of sp³-hybridized carbons (Fsp3) is 0.464. The Hall–Kier alpha value is -3.07. The number of aromatic amines is 1. The number of likely N-dealkylation sites (tertiary alicyclic amines) is 1. The number of nitrogens with one attached hydrogen (secondary N) is 1. The van der Waals surface area contributed by atoms with Crippen molar-refractivity contribution in [2.24, 2.45) is 0 Å². The van der Waals surface area contributed by atoms with E-state index in [1.54, 1.807) is 0 Å². The summed E-state index contributed by atoms with van der Waals surface area (Å²) in [4.78, 5) is 7.92. The van der Waals surface area contributed by atoms with Crippen LogP contribution in [0.5, 0.6) is 0 Å². The third-order valence-electron chi connectivity index (χ3n) is 7.71. The van der Waals surface area contributed by atoms with Crippen molar-refractivity contribution in [2.75, 3.05) is 47.4 Å². The fourth-order valence-electron chi connectivity index (χ4n) is 5.66. The maximum atomic E-state index is 5.68. The van der Waals surface area contributed by atoms with Crippen molar-refractivity contribution in [3.8, 4) is 22.4 Å². The van der Waals surface area contributed by atoms with Crippen LogP contribution in [0.15, 0.2) is 42.9 Å². The Bertz CT molecular complexity index is 1340. The number of ether oxygens (including phenoxy) is 1. The van der Waals surface area contributed by atoms with Gasteiger partial charge >= 0.3 is 0 Å². The van der Waals surface area contributed by atoms with Crippen LogP contribution in [0.2, 0.25) is 0 Å². The lowest BCUT2D eigenvalue weighted by atomic mass is 9.91. The summed E-state index contributed by atoms with van der Waals surface area (Å²) < 4.78 is 7.83. The van der Waals surface area contributed by atoms with Crippen LogP contribution < -0.4 is 0 Å². The molecule has 1 unspecified atom stereocenters. The third kappa shape index (κ3) is 4.56. The van der Waals surface area contributed by atoms with E-state index in [9.17, 15) is 0 Å². The zero-order chi connectivity index (χ0) is 24.6. The van der Waals surface area contributed by atoms with Crippen molar-refractivity contribution < 1.29 is 4.74 Å². The number of hydrogen-bond donors (Lipinski definition) is 1. The van der Waals surface area contributed by atoms with Gasteiger partial charge in [0.1, 0.15) is 0 Å². The van der Waals surface area contributed by atoms with Crippen LogP contribution in [0.1, 0.15) is 42.3 Å². The predicted molar refractivity (Wildman–Crippen MR) is 142 cm³/mol. The van der Waals surface area contributed by atoms with Crippen LogP contribution >= 0.6 is 0 Å². The van der Waals surface area contributed by atoms with E-state index in [2.05, 4.69) is 81.3 Å². The highest BCUT2D eigenvalue weighted by Gasteiger charge is 2.22. The molecule has 2 aliphatic rings. The number of rotatable bonds is 6. The number of H-pyrrole nitrogens is 1. The summed E-state index contributed by atoms with van der Waals surface area (Å²) in [5.41, 5.74) is 7.75. The number of fused-ring (bicyclic) bond motifs is 1. The first-order valence-electron chi connectivity index (χ1n) is 13.0. The van der Waals surface area contributed by atoms with Gasteiger partial charge < -0.3 is 19.5 Å². The minimum Gasteiger partial charge on any atom is -0.381 e. The predicted octanol–water partition coefficient (Wildman–Crippen LogP) is 4.32. The molecule has 5 heterocycles. The topological polar surface area (TPSA) is 75.1 Å². The van der Waals surface area contributed by atoms with E-state index >= 15 is 0 Å². The van der Waals surface area contributed by atoms with Crippen LogP contribution in [-0.4, -0.2) is 82.2 Å².